The zero-order chi connectivity index (χ0) is 17.9. The zero-order valence-electron chi connectivity index (χ0n) is 14.9. The van der Waals surface area contributed by atoms with Gasteiger partial charge in [-0.2, -0.15) is 0 Å². The monoisotopic (exact) mass is 340 g/mol. The van der Waals surface area contributed by atoms with E-state index in [1.165, 1.54) is 11.1 Å². The van der Waals surface area contributed by atoms with Crippen LogP contribution >= 0.6 is 0 Å². The van der Waals surface area contributed by atoms with Gasteiger partial charge in [0, 0.05) is 30.2 Å². The molecule has 2 aromatic carbocycles. The van der Waals surface area contributed by atoms with Gasteiger partial charge in [0.05, 0.1) is 11.4 Å². The lowest BCUT2D eigenvalue weighted by atomic mass is 10.0. The molecule has 26 heavy (non-hydrogen) atoms. The van der Waals surface area contributed by atoms with E-state index in [4.69, 9.17) is 9.98 Å². The fourth-order valence-electron chi connectivity index (χ4n) is 3.01. The molecule has 0 saturated heterocycles. The molecule has 128 valence electrons. The van der Waals surface area contributed by atoms with Gasteiger partial charge < -0.3 is 5.32 Å². The van der Waals surface area contributed by atoms with E-state index in [-0.39, 0.29) is 0 Å². The first-order valence-electron chi connectivity index (χ1n) is 8.68. The first kappa shape index (κ1) is 16.2. The standard InChI is InChI=1S/C22H20N4/c1-15-5-3-4-6-20(15)25-16(2)18-7-8-21-19(13-18)14-24-22(26-21)17-9-11-23-12-10-17/h3-13H,14H2,1-2H3,(H,24,26)/b25-16+. The van der Waals surface area contributed by atoms with Gasteiger partial charge in [-0.15, -0.1) is 0 Å². The quantitative estimate of drug-likeness (QED) is 0.702. The number of amidine groups is 1. The van der Waals surface area contributed by atoms with E-state index in [1.807, 2.05) is 30.3 Å². The van der Waals surface area contributed by atoms with E-state index in [9.17, 15) is 0 Å². The summed E-state index contributed by atoms with van der Waals surface area (Å²) in [6.07, 6.45) is 3.56. The van der Waals surface area contributed by atoms with Gasteiger partial charge in [0.2, 0.25) is 0 Å². The van der Waals surface area contributed by atoms with Crippen molar-refractivity contribution in [3.8, 4) is 0 Å². The number of hydrogen-bond acceptors (Lipinski definition) is 4. The largest absolute Gasteiger partial charge is 0.365 e. The molecule has 0 fully saturated rings. The number of aromatic nitrogens is 1. The van der Waals surface area contributed by atoms with E-state index in [0.717, 1.165) is 40.6 Å². The van der Waals surface area contributed by atoms with Gasteiger partial charge in [-0.05, 0) is 60.9 Å². The summed E-state index contributed by atoms with van der Waals surface area (Å²) in [4.78, 5) is 13.6. The molecule has 1 N–H and O–H groups in total. The average molecular weight is 340 g/mol. The van der Waals surface area contributed by atoms with Crippen molar-refractivity contribution >= 4 is 22.9 Å². The van der Waals surface area contributed by atoms with Crippen LogP contribution in [-0.4, -0.2) is 16.5 Å². The third-order valence-corrected chi connectivity index (χ3v) is 4.53. The van der Waals surface area contributed by atoms with Crippen molar-refractivity contribution < 1.29 is 0 Å². The maximum Gasteiger partial charge on any atom is 0.134 e. The van der Waals surface area contributed by atoms with Gasteiger partial charge in [-0.1, -0.05) is 24.3 Å². The van der Waals surface area contributed by atoms with Crippen molar-refractivity contribution in [2.24, 2.45) is 9.98 Å². The van der Waals surface area contributed by atoms with Crippen LogP contribution in [0.15, 0.2) is 77.0 Å². The highest BCUT2D eigenvalue weighted by molar-refractivity contribution is 6.03. The van der Waals surface area contributed by atoms with Crippen molar-refractivity contribution in [3.63, 3.8) is 0 Å². The second kappa shape index (κ2) is 6.92. The highest BCUT2D eigenvalue weighted by atomic mass is 15.0. The van der Waals surface area contributed by atoms with Crippen molar-refractivity contribution in [3.05, 3.63) is 89.2 Å². The molecule has 2 heterocycles. The molecule has 0 radical (unpaired) electrons. The fourth-order valence-corrected chi connectivity index (χ4v) is 3.01. The van der Waals surface area contributed by atoms with Gasteiger partial charge in [0.15, 0.2) is 0 Å². The molecule has 1 aromatic heterocycles. The minimum Gasteiger partial charge on any atom is -0.365 e. The third kappa shape index (κ3) is 3.26. The van der Waals surface area contributed by atoms with Crippen LogP contribution in [0.1, 0.15) is 29.2 Å². The van der Waals surface area contributed by atoms with E-state index < -0.39 is 0 Å². The first-order chi connectivity index (χ1) is 12.7. The average Bonchev–Trinajstić information content (AvgIpc) is 2.69. The second-order valence-corrected chi connectivity index (χ2v) is 6.38. The summed E-state index contributed by atoms with van der Waals surface area (Å²) >= 11 is 0. The molecule has 3 aromatic rings. The summed E-state index contributed by atoms with van der Waals surface area (Å²) in [5.74, 6) is 0.887. The zero-order valence-corrected chi connectivity index (χ0v) is 14.9. The van der Waals surface area contributed by atoms with E-state index in [1.54, 1.807) is 12.4 Å². The molecule has 0 spiro atoms. The van der Waals surface area contributed by atoms with Crippen LogP contribution in [0.3, 0.4) is 0 Å². The van der Waals surface area contributed by atoms with Crippen LogP contribution < -0.4 is 5.32 Å². The number of fused-ring (bicyclic) bond motifs is 1. The Morgan fingerprint density at radius 2 is 1.85 bits per heavy atom. The minimum atomic E-state index is 0.752. The predicted molar refractivity (Wildman–Crippen MR) is 107 cm³/mol. The van der Waals surface area contributed by atoms with Gasteiger partial charge >= 0.3 is 0 Å². The number of aliphatic imine (C=N–C) groups is 2. The Morgan fingerprint density at radius 3 is 2.65 bits per heavy atom. The molecule has 4 rings (SSSR count). The van der Waals surface area contributed by atoms with Gasteiger partial charge in [-0.3, -0.25) is 9.98 Å². The molecule has 0 unspecified atom stereocenters. The smallest absolute Gasteiger partial charge is 0.134 e. The van der Waals surface area contributed by atoms with Crippen molar-refractivity contribution in [2.75, 3.05) is 0 Å². The number of pyridine rings is 1. The summed E-state index contributed by atoms with van der Waals surface area (Å²) in [5, 5.41) is 3.40. The van der Waals surface area contributed by atoms with Gasteiger partial charge in [0.1, 0.15) is 5.84 Å². The number of benzene rings is 2. The lowest BCUT2D eigenvalue weighted by molar-refractivity contribution is 0.892. The Hall–Kier alpha value is -3.27. The van der Waals surface area contributed by atoms with Crippen LogP contribution in [-0.2, 0) is 6.54 Å². The molecule has 0 saturated carbocycles. The lowest BCUT2D eigenvalue weighted by Gasteiger charge is -2.18. The maximum atomic E-state index is 4.79. The predicted octanol–water partition coefficient (Wildman–Crippen LogP) is 4.71. The number of nitrogens with zero attached hydrogens (tertiary/aromatic N) is 3. The van der Waals surface area contributed by atoms with E-state index in [0.29, 0.717) is 0 Å². The Balaban J connectivity index is 1.65. The Bertz CT molecular complexity index is 1000. The highest BCUT2D eigenvalue weighted by Crippen LogP contribution is 2.26. The summed E-state index contributed by atoms with van der Waals surface area (Å²) in [6.45, 7) is 4.89. The number of aryl methyl sites for hydroxylation is 1. The van der Waals surface area contributed by atoms with E-state index >= 15 is 0 Å². The molecule has 0 bridgehead atoms. The van der Waals surface area contributed by atoms with Gasteiger partial charge in [0.25, 0.3) is 0 Å². The van der Waals surface area contributed by atoms with E-state index in [2.05, 4.69) is 48.4 Å². The summed E-state index contributed by atoms with van der Waals surface area (Å²) in [7, 11) is 0. The van der Waals surface area contributed by atoms with Crippen molar-refractivity contribution in [1.29, 1.82) is 0 Å². The fraction of sp³-hybridized carbons (Fsp3) is 0.136. The molecule has 4 heteroatoms. The lowest BCUT2D eigenvalue weighted by Crippen LogP contribution is -2.26. The normalized spacial score (nSPS) is 13.6. The van der Waals surface area contributed by atoms with Crippen LogP contribution in [0.4, 0.5) is 11.4 Å². The molecule has 0 atom stereocenters. The van der Waals surface area contributed by atoms with Crippen LogP contribution in [0, 0.1) is 6.92 Å². The Morgan fingerprint density at radius 1 is 1.04 bits per heavy atom. The number of rotatable bonds is 3. The van der Waals surface area contributed by atoms with Crippen LogP contribution in [0.25, 0.3) is 0 Å². The summed E-state index contributed by atoms with van der Waals surface area (Å²) in [6, 6.07) is 18.4. The molecule has 1 aliphatic heterocycles. The topological polar surface area (TPSA) is 49.6 Å². The second-order valence-electron chi connectivity index (χ2n) is 6.38. The first-order valence-corrected chi connectivity index (χ1v) is 8.68. The number of para-hydroxylation sites is 1. The maximum absolute atomic E-state index is 4.79. The third-order valence-electron chi connectivity index (χ3n) is 4.53. The van der Waals surface area contributed by atoms with Gasteiger partial charge in [-0.25, -0.2) is 4.99 Å². The summed E-state index contributed by atoms with van der Waals surface area (Å²) < 4.78 is 0. The number of hydrogen-bond donors (Lipinski definition) is 1. The Kier molecular flexibility index (Phi) is 4.32. The van der Waals surface area contributed by atoms with Crippen molar-refractivity contribution in [1.82, 2.24) is 10.3 Å². The Labute approximate surface area is 153 Å². The highest BCUT2D eigenvalue weighted by Gasteiger charge is 2.14. The summed E-state index contributed by atoms with van der Waals surface area (Å²) in [5.41, 5.74) is 7.55. The molecule has 1 aliphatic rings. The molecule has 0 aliphatic carbocycles. The van der Waals surface area contributed by atoms with Crippen LogP contribution in [0.2, 0.25) is 0 Å². The molecular formula is C22H20N4. The molecular weight excluding hydrogens is 320 g/mol. The molecule has 0 amide bonds. The minimum absolute atomic E-state index is 0.752. The van der Waals surface area contributed by atoms with Crippen LogP contribution in [0.5, 0.6) is 0 Å². The van der Waals surface area contributed by atoms with Crippen molar-refractivity contribution in [2.45, 2.75) is 20.4 Å². The SMILES string of the molecule is C/C(=N\c1ccccc1C)c1ccc2c(c1)CNC(c1ccncc1)=N2. The number of nitrogens with one attached hydrogen (secondary N) is 1. The molecule has 4 nitrogen and oxygen atoms in total.